The largest absolute Gasteiger partial charge is 0.508 e. The summed E-state index contributed by atoms with van der Waals surface area (Å²) >= 11 is 0. The minimum absolute atomic E-state index is 0.0233. The summed E-state index contributed by atoms with van der Waals surface area (Å²) < 4.78 is 35.1. The number of fused-ring (bicyclic) bond motifs is 2. The number of hydrogen-bond donors (Lipinski definition) is 0. The first kappa shape index (κ1) is 58.2. The van der Waals surface area contributed by atoms with E-state index in [1.165, 1.54) is 36.8 Å². The zero-order valence-electron chi connectivity index (χ0n) is 42.6. The van der Waals surface area contributed by atoms with Crippen LogP contribution in [-0.2, 0) is 38.0 Å². The van der Waals surface area contributed by atoms with Crippen LogP contribution in [0.25, 0.3) is 0 Å². The van der Waals surface area contributed by atoms with E-state index in [1.54, 1.807) is 0 Å². The normalized spacial score (nSPS) is 19.2. The molecule has 2 heterocycles. The minimum Gasteiger partial charge on any atom is -0.465 e. The Kier molecular flexibility index (Phi) is 33.2. The smallest absolute Gasteiger partial charge is 0.465 e. The molecule has 0 amide bonds. The Balaban J connectivity index is 1.84. The summed E-state index contributed by atoms with van der Waals surface area (Å²) in [6.45, 7) is 16.2. The molecule has 374 valence electrons. The van der Waals surface area contributed by atoms with E-state index in [2.05, 4.69) is 96.9 Å². The molecule has 0 saturated carbocycles. The average molecular weight is 914 g/mol. The molecule has 5 unspecified atom stereocenters. The second kappa shape index (κ2) is 37.1. The third-order valence-electron chi connectivity index (χ3n) is 12.9. The van der Waals surface area contributed by atoms with Gasteiger partial charge in [0.1, 0.15) is 25.9 Å². The SMILES string of the molecule is CCCCC/C=C\C/C=C\CCCCCCCC(=O)OCC(COC(=O)CCC(OCCC(C)CCC=C(C)C)OCCC(C)CCC=C(C)C)COC(=O)OC1CC2CCC(C1)N2C. The molecule has 0 aromatic carbocycles. The molecular weight excluding hydrogens is 819 g/mol. The van der Waals surface area contributed by atoms with Gasteiger partial charge in [-0.25, -0.2) is 4.79 Å². The van der Waals surface area contributed by atoms with Crippen LogP contribution in [0.3, 0.4) is 0 Å². The minimum atomic E-state index is -0.735. The predicted octanol–water partition coefficient (Wildman–Crippen LogP) is 14.0. The number of nitrogens with zero attached hydrogens (tertiary/aromatic N) is 1. The molecule has 0 spiro atoms. The summed E-state index contributed by atoms with van der Waals surface area (Å²) in [7, 11) is 2.14. The molecule has 0 aromatic rings. The van der Waals surface area contributed by atoms with Gasteiger partial charge in [-0.15, -0.1) is 0 Å². The van der Waals surface area contributed by atoms with Crippen molar-refractivity contribution in [1.29, 1.82) is 0 Å². The molecular formula is C55H95NO9. The van der Waals surface area contributed by atoms with E-state index in [4.69, 9.17) is 28.4 Å². The maximum atomic E-state index is 13.2. The number of allylic oxidation sites excluding steroid dienone is 8. The molecule has 2 saturated heterocycles. The van der Waals surface area contributed by atoms with Gasteiger partial charge in [0.2, 0.25) is 0 Å². The Morgan fingerprint density at radius 2 is 1.11 bits per heavy atom. The Morgan fingerprint density at radius 3 is 1.66 bits per heavy atom. The highest BCUT2D eigenvalue weighted by molar-refractivity contribution is 5.69. The van der Waals surface area contributed by atoms with Crippen LogP contribution in [0.5, 0.6) is 0 Å². The van der Waals surface area contributed by atoms with Crippen molar-refractivity contribution in [3.8, 4) is 0 Å². The van der Waals surface area contributed by atoms with Gasteiger partial charge >= 0.3 is 18.1 Å². The number of hydrogen-bond acceptors (Lipinski definition) is 10. The van der Waals surface area contributed by atoms with Crippen LogP contribution in [0.2, 0.25) is 0 Å². The van der Waals surface area contributed by atoms with Crippen molar-refractivity contribution < 1.29 is 42.8 Å². The molecule has 10 nitrogen and oxygen atoms in total. The van der Waals surface area contributed by atoms with Crippen molar-refractivity contribution in [2.45, 2.75) is 227 Å². The lowest BCUT2D eigenvalue weighted by Gasteiger charge is -2.35. The standard InChI is InChI=1S/C55H95NO9/c1-9-10-11-12-13-14-15-16-17-18-19-20-21-22-23-30-52(57)62-41-48(43-64-55(59)65-51-39-49-31-32-50(40-51)56(49)8)42-63-53(58)33-34-54(60-37-35-46(6)28-24-26-44(2)3)61-38-36-47(7)29-25-27-45(4)5/h13-14,16-17,26-27,46-51,54H,9-12,15,18-25,28-43H2,1-8H3/b14-13-,17-16-. The zero-order valence-corrected chi connectivity index (χ0v) is 42.6. The van der Waals surface area contributed by atoms with E-state index in [9.17, 15) is 14.4 Å². The van der Waals surface area contributed by atoms with Gasteiger partial charge in [0.05, 0.1) is 12.3 Å². The van der Waals surface area contributed by atoms with Crippen LogP contribution in [0.4, 0.5) is 4.79 Å². The fraction of sp³-hybridized carbons (Fsp3) is 0.800. The summed E-state index contributed by atoms with van der Waals surface area (Å²) in [6.07, 6.45) is 35.2. The molecule has 5 atom stereocenters. The first-order chi connectivity index (χ1) is 31.4. The van der Waals surface area contributed by atoms with Crippen molar-refractivity contribution >= 4 is 18.1 Å². The summed E-state index contributed by atoms with van der Waals surface area (Å²) in [5.74, 6) is -0.213. The van der Waals surface area contributed by atoms with Crippen LogP contribution < -0.4 is 0 Å². The lowest BCUT2D eigenvalue weighted by molar-refractivity contribution is -0.162. The number of rotatable bonds is 38. The second-order valence-corrected chi connectivity index (χ2v) is 19.8. The number of ether oxygens (including phenoxy) is 6. The van der Waals surface area contributed by atoms with Crippen molar-refractivity contribution in [3.63, 3.8) is 0 Å². The summed E-state index contributed by atoms with van der Waals surface area (Å²) in [4.78, 5) is 41.2. The Hall–Kier alpha value is -2.95. The van der Waals surface area contributed by atoms with Crippen molar-refractivity contribution in [2.24, 2.45) is 17.8 Å². The third-order valence-corrected chi connectivity index (χ3v) is 12.9. The molecule has 65 heavy (non-hydrogen) atoms. The zero-order chi connectivity index (χ0) is 47.5. The highest BCUT2D eigenvalue weighted by Crippen LogP contribution is 2.35. The fourth-order valence-corrected chi connectivity index (χ4v) is 8.46. The number of piperidine rings is 1. The second-order valence-electron chi connectivity index (χ2n) is 19.8. The number of esters is 2. The topological polar surface area (TPSA) is 110 Å². The van der Waals surface area contributed by atoms with Gasteiger partial charge in [-0.1, -0.05) is 100 Å². The maximum Gasteiger partial charge on any atom is 0.508 e. The van der Waals surface area contributed by atoms with Crippen LogP contribution in [0.1, 0.15) is 203 Å². The van der Waals surface area contributed by atoms with Gasteiger partial charge in [-0.3, -0.25) is 9.59 Å². The molecule has 2 aliphatic heterocycles. The van der Waals surface area contributed by atoms with Gasteiger partial charge < -0.3 is 33.3 Å². The van der Waals surface area contributed by atoms with Crippen LogP contribution in [0, 0.1) is 17.8 Å². The summed E-state index contributed by atoms with van der Waals surface area (Å²) in [5, 5.41) is 0. The van der Waals surface area contributed by atoms with Crippen molar-refractivity contribution in [2.75, 3.05) is 40.1 Å². The lowest BCUT2D eigenvalue weighted by atomic mass is 10.0. The van der Waals surface area contributed by atoms with E-state index in [0.717, 1.165) is 109 Å². The third kappa shape index (κ3) is 30.9. The molecule has 2 bridgehead atoms. The van der Waals surface area contributed by atoms with Crippen LogP contribution in [0.15, 0.2) is 47.6 Å². The monoisotopic (exact) mass is 914 g/mol. The molecule has 0 aromatic heterocycles. The van der Waals surface area contributed by atoms with Crippen LogP contribution in [-0.4, -0.2) is 87.6 Å². The number of carbonyl (C=O) groups excluding carboxylic acids is 3. The van der Waals surface area contributed by atoms with Crippen molar-refractivity contribution in [3.05, 3.63) is 47.6 Å². The first-order valence-electron chi connectivity index (χ1n) is 26.0. The van der Waals surface area contributed by atoms with Gasteiger partial charge in [-0.05, 0) is 136 Å². The van der Waals surface area contributed by atoms with Crippen molar-refractivity contribution in [1.82, 2.24) is 4.90 Å². The van der Waals surface area contributed by atoms with Crippen LogP contribution >= 0.6 is 0 Å². The van der Waals surface area contributed by atoms with Gasteiger partial charge in [0.25, 0.3) is 0 Å². The molecule has 0 aliphatic carbocycles. The number of carbonyl (C=O) groups is 3. The lowest BCUT2D eigenvalue weighted by Crippen LogP contribution is -2.43. The van der Waals surface area contributed by atoms with Gasteiger partial charge in [0.15, 0.2) is 6.29 Å². The summed E-state index contributed by atoms with van der Waals surface area (Å²) in [6, 6.07) is 0.853. The highest BCUT2D eigenvalue weighted by Gasteiger charge is 2.40. The van der Waals surface area contributed by atoms with Gasteiger partial charge in [0, 0.05) is 51.0 Å². The number of unbranched alkanes of at least 4 members (excludes halogenated alkanes) is 8. The average Bonchev–Trinajstić information content (AvgIpc) is 3.45. The van der Waals surface area contributed by atoms with E-state index in [0.29, 0.717) is 50.0 Å². The Labute approximate surface area is 397 Å². The quantitative estimate of drug-likeness (QED) is 0.0195. The predicted molar refractivity (Wildman–Crippen MR) is 265 cm³/mol. The van der Waals surface area contributed by atoms with E-state index in [1.807, 2.05) is 0 Å². The molecule has 2 aliphatic rings. The molecule has 10 heteroatoms. The Bertz CT molecular complexity index is 1330. The maximum absolute atomic E-state index is 13.2. The molecule has 2 rings (SSSR count). The molecule has 2 fully saturated rings. The molecule has 0 radical (unpaired) electrons. The first-order valence-corrected chi connectivity index (χ1v) is 26.0. The van der Waals surface area contributed by atoms with Gasteiger partial charge in [-0.2, -0.15) is 0 Å². The highest BCUT2D eigenvalue weighted by atomic mass is 16.7. The summed E-state index contributed by atoms with van der Waals surface area (Å²) in [5.41, 5.74) is 2.67. The fourth-order valence-electron chi connectivity index (χ4n) is 8.46. The Morgan fingerprint density at radius 1 is 0.600 bits per heavy atom. The van der Waals surface area contributed by atoms with E-state index < -0.39 is 24.3 Å². The van der Waals surface area contributed by atoms with E-state index in [-0.39, 0.29) is 38.3 Å². The molecule has 0 N–H and O–H groups in total. The van der Waals surface area contributed by atoms with E-state index >= 15 is 0 Å².